The zero-order chi connectivity index (χ0) is 15.6. The molecule has 0 aromatic carbocycles. The van der Waals surface area contributed by atoms with Gasteiger partial charge in [-0.25, -0.2) is 4.68 Å². The third-order valence-corrected chi connectivity index (χ3v) is 5.10. The van der Waals surface area contributed by atoms with Crippen LogP contribution in [0, 0.1) is 5.92 Å². The monoisotopic (exact) mass is 311 g/mol. The number of fused-ring (bicyclic) bond motifs is 1. The van der Waals surface area contributed by atoms with Crippen LogP contribution in [0.5, 0.6) is 0 Å². The molecule has 2 aromatic heterocycles. The Balaban J connectivity index is 1.47. The molecule has 1 saturated carbocycles. The van der Waals surface area contributed by atoms with Crippen LogP contribution in [0.15, 0.2) is 30.7 Å². The fraction of sp³-hybridized carbons (Fsp3) is 0.529. The van der Waals surface area contributed by atoms with Crippen LogP contribution in [0.3, 0.4) is 0 Å². The number of hydrogen-bond donors (Lipinski definition) is 0. The Labute approximate surface area is 135 Å². The highest BCUT2D eigenvalue weighted by Crippen LogP contribution is 2.36. The average molecular weight is 311 g/mol. The molecular weight excluding hydrogens is 290 g/mol. The number of carbonyl (C=O) groups is 1. The number of hydrogen-bond acceptors (Lipinski definition) is 4. The number of carbonyl (C=O) groups excluding carboxylic acids is 1. The van der Waals surface area contributed by atoms with E-state index in [1.165, 1.54) is 19.3 Å². The lowest BCUT2D eigenvalue weighted by molar-refractivity contribution is 0.0684. The lowest BCUT2D eigenvalue weighted by Gasteiger charge is -2.31. The van der Waals surface area contributed by atoms with E-state index in [1.54, 1.807) is 23.3 Å². The number of likely N-dealkylation sites (tertiary alicyclic amines) is 1. The van der Waals surface area contributed by atoms with E-state index in [0.717, 1.165) is 24.9 Å². The van der Waals surface area contributed by atoms with Crippen LogP contribution >= 0.6 is 0 Å². The van der Waals surface area contributed by atoms with Crippen LogP contribution in [0.4, 0.5) is 0 Å². The first-order chi connectivity index (χ1) is 11.3. The number of nitrogens with zero attached hydrogens (tertiary/aromatic N) is 5. The standard InChI is InChI=1S/C17H21N5O/c23-17(22-9-7-14-5-1-2-6-16(14)22)15-12-21(20-19-15)11-13-4-3-8-18-10-13/h3-4,8,10,12,14,16H,1-2,5-7,9,11H2/t14-,16+/m0/s1. The zero-order valence-corrected chi connectivity index (χ0v) is 13.1. The van der Waals surface area contributed by atoms with Crippen LogP contribution in [-0.4, -0.2) is 43.4 Å². The van der Waals surface area contributed by atoms with Crippen LogP contribution in [-0.2, 0) is 6.54 Å². The fourth-order valence-corrected chi connectivity index (χ4v) is 3.96. The average Bonchev–Trinajstić information content (AvgIpc) is 3.22. The summed E-state index contributed by atoms with van der Waals surface area (Å²) in [6.45, 7) is 1.45. The second kappa shape index (κ2) is 6.10. The van der Waals surface area contributed by atoms with Crippen molar-refractivity contribution >= 4 is 5.91 Å². The Morgan fingerprint density at radius 2 is 2.17 bits per heavy atom. The predicted molar refractivity (Wildman–Crippen MR) is 84.8 cm³/mol. The summed E-state index contributed by atoms with van der Waals surface area (Å²) < 4.78 is 1.71. The van der Waals surface area contributed by atoms with Crippen molar-refractivity contribution in [1.82, 2.24) is 24.9 Å². The molecule has 6 nitrogen and oxygen atoms in total. The van der Waals surface area contributed by atoms with Crippen molar-refractivity contribution in [3.63, 3.8) is 0 Å². The van der Waals surface area contributed by atoms with Gasteiger partial charge < -0.3 is 4.90 Å². The Morgan fingerprint density at radius 1 is 1.26 bits per heavy atom. The molecule has 1 amide bonds. The highest BCUT2D eigenvalue weighted by Gasteiger charge is 2.39. The first-order valence-corrected chi connectivity index (χ1v) is 8.41. The highest BCUT2D eigenvalue weighted by molar-refractivity contribution is 5.92. The van der Waals surface area contributed by atoms with E-state index in [-0.39, 0.29) is 5.91 Å². The molecule has 0 unspecified atom stereocenters. The fourth-order valence-electron chi connectivity index (χ4n) is 3.96. The van der Waals surface area contributed by atoms with E-state index in [4.69, 9.17) is 0 Å². The van der Waals surface area contributed by atoms with Gasteiger partial charge in [0.15, 0.2) is 5.69 Å². The van der Waals surface area contributed by atoms with Crippen molar-refractivity contribution in [2.45, 2.75) is 44.7 Å². The second-order valence-electron chi connectivity index (χ2n) is 6.56. The quantitative estimate of drug-likeness (QED) is 0.871. The SMILES string of the molecule is O=C(c1cn(Cc2cccnc2)nn1)N1CC[C@@H]2CCCC[C@H]21. The van der Waals surface area contributed by atoms with Gasteiger partial charge in [0.1, 0.15) is 0 Å². The third-order valence-electron chi connectivity index (χ3n) is 5.10. The van der Waals surface area contributed by atoms with Gasteiger partial charge in [0, 0.05) is 25.0 Å². The first kappa shape index (κ1) is 14.4. The Bertz CT molecular complexity index is 683. The molecule has 2 aromatic rings. The molecule has 0 bridgehead atoms. The maximum Gasteiger partial charge on any atom is 0.276 e. The van der Waals surface area contributed by atoms with Crippen molar-refractivity contribution in [1.29, 1.82) is 0 Å². The Kier molecular flexibility index (Phi) is 3.81. The van der Waals surface area contributed by atoms with Crippen molar-refractivity contribution in [2.24, 2.45) is 5.92 Å². The summed E-state index contributed by atoms with van der Waals surface area (Å²) in [5.41, 5.74) is 1.50. The van der Waals surface area contributed by atoms with E-state index in [9.17, 15) is 4.79 Å². The van der Waals surface area contributed by atoms with Gasteiger partial charge in [0.25, 0.3) is 5.91 Å². The van der Waals surface area contributed by atoms with Gasteiger partial charge in [-0.15, -0.1) is 5.10 Å². The van der Waals surface area contributed by atoms with E-state index in [0.29, 0.717) is 24.2 Å². The maximum absolute atomic E-state index is 12.8. The molecule has 2 fully saturated rings. The molecule has 2 atom stereocenters. The van der Waals surface area contributed by atoms with E-state index < -0.39 is 0 Å². The van der Waals surface area contributed by atoms with E-state index in [2.05, 4.69) is 15.3 Å². The first-order valence-electron chi connectivity index (χ1n) is 8.41. The zero-order valence-electron chi connectivity index (χ0n) is 13.1. The van der Waals surface area contributed by atoms with Crippen LogP contribution in [0.2, 0.25) is 0 Å². The summed E-state index contributed by atoms with van der Waals surface area (Å²) >= 11 is 0. The minimum atomic E-state index is 0.0387. The van der Waals surface area contributed by atoms with Gasteiger partial charge in [0.05, 0.1) is 12.7 Å². The van der Waals surface area contributed by atoms with Crippen LogP contribution in [0.25, 0.3) is 0 Å². The van der Waals surface area contributed by atoms with Gasteiger partial charge in [-0.05, 0) is 36.8 Å². The van der Waals surface area contributed by atoms with Gasteiger partial charge in [-0.2, -0.15) is 0 Å². The number of rotatable bonds is 3. The summed E-state index contributed by atoms with van der Waals surface area (Å²) in [6, 6.07) is 4.30. The van der Waals surface area contributed by atoms with Crippen molar-refractivity contribution in [3.05, 3.63) is 42.0 Å². The van der Waals surface area contributed by atoms with Gasteiger partial charge in [-0.1, -0.05) is 24.1 Å². The van der Waals surface area contributed by atoms with Gasteiger partial charge in [-0.3, -0.25) is 9.78 Å². The van der Waals surface area contributed by atoms with Crippen LogP contribution < -0.4 is 0 Å². The molecule has 23 heavy (non-hydrogen) atoms. The van der Waals surface area contributed by atoms with Crippen molar-refractivity contribution in [2.75, 3.05) is 6.54 Å². The molecule has 2 aliphatic rings. The molecule has 120 valence electrons. The number of amides is 1. The largest absolute Gasteiger partial charge is 0.334 e. The molecule has 4 rings (SSSR count). The molecule has 1 aliphatic heterocycles. The van der Waals surface area contributed by atoms with Crippen molar-refractivity contribution in [3.8, 4) is 0 Å². The highest BCUT2D eigenvalue weighted by atomic mass is 16.2. The summed E-state index contributed by atoms with van der Waals surface area (Å²) in [7, 11) is 0. The smallest absolute Gasteiger partial charge is 0.276 e. The summed E-state index contributed by atoms with van der Waals surface area (Å²) in [6.07, 6.45) is 11.4. The molecule has 3 heterocycles. The molecule has 0 N–H and O–H groups in total. The lowest BCUT2D eigenvalue weighted by atomic mass is 9.85. The predicted octanol–water partition coefficient (Wildman–Crippen LogP) is 2.13. The second-order valence-corrected chi connectivity index (χ2v) is 6.56. The molecule has 0 radical (unpaired) electrons. The molecule has 0 spiro atoms. The molecule has 1 aliphatic carbocycles. The maximum atomic E-state index is 12.8. The number of pyridine rings is 1. The summed E-state index contributed by atoms with van der Waals surface area (Å²) in [5.74, 6) is 0.731. The molecule has 6 heteroatoms. The molecular formula is C17H21N5O. The van der Waals surface area contributed by atoms with Crippen molar-refractivity contribution < 1.29 is 4.79 Å². The normalized spacial score (nSPS) is 23.7. The Hall–Kier alpha value is -2.24. The topological polar surface area (TPSA) is 63.9 Å². The van der Waals surface area contributed by atoms with Gasteiger partial charge in [0.2, 0.25) is 0 Å². The van der Waals surface area contributed by atoms with E-state index in [1.807, 2.05) is 17.0 Å². The lowest BCUT2D eigenvalue weighted by Crippen LogP contribution is -2.39. The minimum absolute atomic E-state index is 0.0387. The van der Waals surface area contributed by atoms with Crippen LogP contribution in [0.1, 0.15) is 48.2 Å². The molecule has 1 saturated heterocycles. The third kappa shape index (κ3) is 2.85. The summed E-state index contributed by atoms with van der Waals surface area (Å²) in [5, 5.41) is 8.20. The summed E-state index contributed by atoms with van der Waals surface area (Å²) in [4.78, 5) is 18.9. The minimum Gasteiger partial charge on any atom is -0.334 e. The van der Waals surface area contributed by atoms with E-state index >= 15 is 0 Å². The number of aromatic nitrogens is 4. The van der Waals surface area contributed by atoms with Gasteiger partial charge >= 0.3 is 0 Å². The Morgan fingerprint density at radius 3 is 3.04 bits per heavy atom.